The summed E-state index contributed by atoms with van der Waals surface area (Å²) in [6.45, 7) is 10.5. The minimum atomic E-state index is -0.0505. The quantitative estimate of drug-likeness (QED) is 0.167. The predicted octanol–water partition coefficient (Wildman–Crippen LogP) is 17.9. The Bertz CT molecular complexity index is 3350. The average Bonchev–Trinajstić information content (AvgIpc) is 4.00. The van der Waals surface area contributed by atoms with E-state index in [0.717, 1.165) is 19.3 Å². The first-order valence-electron chi connectivity index (χ1n) is 24.2. The molecule has 0 N–H and O–H groups in total. The van der Waals surface area contributed by atoms with Crippen LogP contribution in [0.3, 0.4) is 0 Å². The summed E-state index contributed by atoms with van der Waals surface area (Å²) in [5, 5.41) is 2.63. The zero-order valence-corrected chi connectivity index (χ0v) is 39.5. The maximum atomic E-state index is 2.44. The number of aromatic nitrogens is 1. The molecule has 67 heavy (non-hydrogen) atoms. The lowest BCUT2D eigenvalue weighted by Crippen LogP contribution is -2.32. The Morgan fingerprint density at radius 3 is 1.79 bits per heavy atom. The van der Waals surface area contributed by atoms with Crippen LogP contribution in [0.25, 0.3) is 60.9 Å². The minimum absolute atomic E-state index is 0.0505. The molecule has 1 nitrogen and oxygen atoms in total. The first kappa shape index (κ1) is 43.4. The minimum Gasteiger partial charge on any atom is -0.309 e. The first-order valence-corrected chi connectivity index (χ1v) is 24.2. The van der Waals surface area contributed by atoms with Gasteiger partial charge in [-0.1, -0.05) is 231 Å². The van der Waals surface area contributed by atoms with E-state index in [-0.39, 0.29) is 5.41 Å². The lowest BCUT2D eigenvalue weighted by Gasteiger charge is -2.36. The van der Waals surface area contributed by atoms with Gasteiger partial charge in [-0.25, -0.2) is 0 Å². The Morgan fingerprint density at radius 2 is 1.04 bits per heavy atom. The summed E-state index contributed by atoms with van der Waals surface area (Å²) in [7, 11) is 0. The van der Waals surface area contributed by atoms with Crippen LogP contribution in [0.4, 0.5) is 0 Å². The number of fused-ring (bicyclic) bond motifs is 13. The molecule has 0 amide bonds. The second-order valence-corrected chi connectivity index (χ2v) is 18.1. The van der Waals surface area contributed by atoms with Gasteiger partial charge < -0.3 is 4.57 Å². The van der Waals surface area contributed by atoms with Crippen LogP contribution in [0.15, 0.2) is 230 Å². The molecule has 8 aromatic carbocycles. The highest BCUT2D eigenvalue weighted by Gasteiger charge is 2.55. The van der Waals surface area contributed by atoms with Crippen LogP contribution in [-0.2, 0) is 5.41 Å². The molecule has 13 rings (SSSR count). The lowest BCUT2D eigenvalue weighted by molar-refractivity contribution is 0.494. The largest absolute Gasteiger partial charge is 0.309 e. The summed E-state index contributed by atoms with van der Waals surface area (Å²) in [6, 6.07) is 70.5. The van der Waals surface area contributed by atoms with Crippen molar-refractivity contribution >= 4 is 33.0 Å². The second-order valence-electron chi connectivity index (χ2n) is 18.1. The van der Waals surface area contributed by atoms with Crippen LogP contribution in [0.2, 0.25) is 0 Å². The molecule has 4 aliphatic rings. The highest BCUT2D eigenvalue weighted by Crippen LogP contribution is 2.65. The molecule has 0 fully saturated rings. The maximum Gasteiger partial charge on any atom is 0.0547 e. The lowest BCUT2D eigenvalue weighted by atomic mass is 9.65. The topological polar surface area (TPSA) is 4.93 Å². The van der Waals surface area contributed by atoms with Crippen molar-refractivity contribution in [3.8, 4) is 27.9 Å². The number of rotatable bonds is 3. The molecule has 0 saturated heterocycles. The number of hydrogen-bond donors (Lipinski definition) is 0. The molecule has 1 spiro atoms. The van der Waals surface area contributed by atoms with Gasteiger partial charge in [0.2, 0.25) is 0 Å². The van der Waals surface area contributed by atoms with Crippen LogP contribution >= 0.6 is 0 Å². The molecule has 1 aromatic heterocycles. The van der Waals surface area contributed by atoms with Gasteiger partial charge in [-0.15, -0.1) is 0 Å². The third-order valence-corrected chi connectivity index (χ3v) is 14.2. The predicted molar refractivity (Wildman–Crippen MR) is 288 cm³/mol. The molecule has 0 radical (unpaired) electrons. The maximum absolute atomic E-state index is 2.44. The van der Waals surface area contributed by atoms with Gasteiger partial charge >= 0.3 is 0 Å². The van der Waals surface area contributed by atoms with E-state index in [0.29, 0.717) is 5.92 Å². The van der Waals surface area contributed by atoms with Gasteiger partial charge in [-0.05, 0) is 126 Å². The average molecular weight is 866 g/mol. The standard InChI is InChI=1S/C26H20.C25H21N.C13H12.C2H6/c1-17-14-15-21-20-10-4-7-13-24(20)26(25(21)16-17)22-11-5-2-8-18(22)19-9-3-6-12-23(19)26;1-18-11-13-19(14-12-18)20-15-16-23-22-9-5-6-10-24(22)26(25(23)17-20)21-7-3-2-4-8-21;1-11-7-9-13(10-8-11)12-5-3-2-4-6-12;1-2/h2-11,13-16,23H,12H2,1H3;2-11,13,15-17H,12,14H2,1H3;2-10H,1H3;1-2H3. The third kappa shape index (κ3) is 7.83. The van der Waals surface area contributed by atoms with Crippen molar-refractivity contribution in [3.05, 3.63) is 269 Å². The molecule has 1 heteroatoms. The van der Waals surface area contributed by atoms with Gasteiger partial charge in [-0.3, -0.25) is 0 Å². The number of allylic oxidation sites excluding steroid dienone is 8. The van der Waals surface area contributed by atoms with Gasteiger partial charge in [0.1, 0.15) is 0 Å². The monoisotopic (exact) mass is 865 g/mol. The van der Waals surface area contributed by atoms with Gasteiger partial charge in [-0.2, -0.15) is 0 Å². The van der Waals surface area contributed by atoms with Crippen LogP contribution in [0.1, 0.15) is 79.0 Å². The van der Waals surface area contributed by atoms with Crippen molar-refractivity contribution in [1.29, 1.82) is 0 Å². The molecule has 0 aliphatic heterocycles. The van der Waals surface area contributed by atoms with E-state index in [1.54, 1.807) is 0 Å². The zero-order valence-electron chi connectivity index (χ0n) is 39.5. The summed E-state index contributed by atoms with van der Waals surface area (Å²) in [5.74, 6) is 0.481. The van der Waals surface area contributed by atoms with Gasteiger partial charge in [0.05, 0.1) is 16.4 Å². The molecule has 9 aromatic rings. The Labute approximate surface area is 397 Å². The van der Waals surface area contributed by atoms with E-state index in [1.807, 2.05) is 19.9 Å². The van der Waals surface area contributed by atoms with Crippen molar-refractivity contribution < 1.29 is 0 Å². The van der Waals surface area contributed by atoms with E-state index in [9.17, 15) is 0 Å². The number of benzene rings is 8. The summed E-state index contributed by atoms with van der Waals surface area (Å²) in [5.41, 5.74) is 23.4. The van der Waals surface area contributed by atoms with Crippen molar-refractivity contribution in [2.45, 2.75) is 59.3 Å². The molecule has 0 bridgehead atoms. The fraction of sp³-hybridized carbons (Fsp3) is 0.152. The van der Waals surface area contributed by atoms with Crippen LogP contribution < -0.4 is 0 Å². The summed E-state index contributed by atoms with van der Waals surface area (Å²) in [6.07, 6.45) is 14.9. The van der Waals surface area contributed by atoms with E-state index >= 15 is 0 Å². The van der Waals surface area contributed by atoms with Crippen LogP contribution in [-0.4, -0.2) is 4.57 Å². The van der Waals surface area contributed by atoms with Crippen molar-refractivity contribution in [2.24, 2.45) is 5.92 Å². The van der Waals surface area contributed by atoms with Crippen LogP contribution in [0.5, 0.6) is 0 Å². The summed E-state index contributed by atoms with van der Waals surface area (Å²) >= 11 is 0. The smallest absolute Gasteiger partial charge is 0.0547 e. The van der Waals surface area contributed by atoms with Crippen molar-refractivity contribution in [2.75, 3.05) is 0 Å². The molecular formula is C66H59N. The fourth-order valence-corrected chi connectivity index (χ4v) is 11.1. The number of nitrogens with zero attached hydrogens (tertiary/aromatic N) is 1. The van der Waals surface area contributed by atoms with Gasteiger partial charge in [0, 0.05) is 22.4 Å². The third-order valence-electron chi connectivity index (χ3n) is 14.2. The van der Waals surface area contributed by atoms with Gasteiger partial charge in [0.25, 0.3) is 0 Å². The molecule has 2 atom stereocenters. The molecule has 0 saturated carbocycles. The van der Waals surface area contributed by atoms with E-state index in [1.165, 1.54) is 105 Å². The van der Waals surface area contributed by atoms with Crippen molar-refractivity contribution in [1.82, 2.24) is 4.57 Å². The van der Waals surface area contributed by atoms with Crippen LogP contribution in [0, 0.1) is 19.8 Å². The Morgan fingerprint density at radius 1 is 0.448 bits per heavy atom. The van der Waals surface area contributed by atoms with E-state index in [4.69, 9.17) is 0 Å². The molecular weight excluding hydrogens is 807 g/mol. The zero-order chi connectivity index (χ0) is 45.9. The van der Waals surface area contributed by atoms with Crippen molar-refractivity contribution in [3.63, 3.8) is 0 Å². The van der Waals surface area contributed by atoms with E-state index < -0.39 is 0 Å². The Hall–Kier alpha value is -7.48. The molecule has 2 unspecified atom stereocenters. The highest BCUT2D eigenvalue weighted by atomic mass is 15.0. The SMILES string of the molecule is CC.CC1=CC=C(c2ccc3c4ccccc4n(-c4ccccc4)c3c2)CC1.Cc1ccc(-c2ccccc2)cc1.Cc1ccc2c(c1)C1(c3ccccc3C3=CC=CCC31)c1ccccc1-2. The fourth-order valence-electron chi connectivity index (χ4n) is 11.1. The molecule has 4 aliphatic carbocycles. The Kier molecular flexibility index (Phi) is 12.2. The van der Waals surface area contributed by atoms with Gasteiger partial charge in [0.15, 0.2) is 0 Å². The number of aryl methyl sites for hydroxylation is 2. The first-order chi connectivity index (χ1) is 33.0. The second kappa shape index (κ2) is 18.8. The number of hydrogen-bond acceptors (Lipinski definition) is 0. The summed E-state index contributed by atoms with van der Waals surface area (Å²) in [4.78, 5) is 0. The normalized spacial score (nSPS) is 17.0. The van der Waals surface area contributed by atoms with E-state index in [2.05, 4.69) is 244 Å². The highest BCUT2D eigenvalue weighted by molar-refractivity contribution is 6.10. The number of para-hydroxylation sites is 2. The Balaban J connectivity index is 0.000000122. The molecule has 328 valence electrons. The molecule has 1 heterocycles. The summed E-state index contributed by atoms with van der Waals surface area (Å²) < 4.78 is 2.39.